The summed E-state index contributed by atoms with van der Waals surface area (Å²) in [7, 11) is 3.52. The Labute approximate surface area is 203 Å². The van der Waals surface area contributed by atoms with Gasteiger partial charge in [-0.25, -0.2) is 0 Å². The first kappa shape index (κ1) is 24.4. The quantitative estimate of drug-likeness (QED) is 0.515. The highest BCUT2D eigenvalue weighted by molar-refractivity contribution is 5.92. The Balaban J connectivity index is 1.49. The second-order valence-corrected chi connectivity index (χ2v) is 9.92. The smallest absolute Gasteiger partial charge is 0.236 e. The van der Waals surface area contributed by atoms with Crippen LogP contribution in [-0.2, 0) is 9.53 Å². The molecular weight excluding hydrogens is 424 g/mol. The molecule has 34 heavy (non-hydrogen) atoms. The molecule has 2 aromatic heterocycles. The van der Waals surface area contributed by atoms with Crippen LogP contribution in [0.15, 0.2) is 36.5 Å². The maximum Gasteiger partial charge on any atom is 0.236 e. The monoisotopic (exact) mass is 462 g/mol. The molecule has 6 heteroatoms. The van der Waals surface area contributed by atoms with Crippen molar-refractivity contribution in [3.63, 3.8) is 0 Å². The molecular formula is C28H38N4O2. The van der Waals surface area contributed by atoms with Gasteiger partial charge in [0.15, 0.2) is 0 Å². The van der Waals surface area contributed by atoms with E-state index < -0.39 is 0 Å². The number of hydrogen-bond acceptors (Lipinski definition) is 4. The summed E-state index contributed by atoms with van der Waals surface area (Å²) >= 11 is 0. The minimum Gasteiger partial charge on any atom is -0.383 e. The molecule has 1 saturated heterocycles. The fourth-order valence-electron chi connectivity index (χ4n) is 5.10. The van der Waals surface area contributed by atoms with Crippen molar-refractivity contribution < 1.29 is 9.53 Å². The van der Waals surface area contributed by atoms with E-state index in [1.165, 1.54) is 33.3 Å². The van der Waals surface area contributed by atoms with Crippen LogP contribution in [0.1, 0.15) is 55.3 Å². The molecule has 0 radical (unpaired) electrons. The van der Waals surface area contributed by atoms with Gasteiger partial charge in [0.2, 0.25) is 5.91 Å². The van der Waals surface area contributed by atoms with E-state index in [-0.39, 0.29) is 5.91 Å². The van der Waals surface area contributed by atoms with Crippen molar-refractivity contribution in [3.05, 3.63) is 53.3 Å². The summed E-state index contributed by atoms with van der Waals surface area (Å²) in [5.41, 5.74) is 7.42. The number of fused-ring (bicyclic) bond motifs is 1. The molecule has 0 aliphatic carbocycles. The summed E-state index contributed by atoms with van der Waals surface area (Å²) in [6, 6.07) is 11.2. The van der Waals surface area contributed by atoms with Crippen molar-refractivity contribution in [2.75, 3.05) is 46.9 Å². The first-order chi connectivity index (χ1) is 16.4. The first-order valence-corrected chi connectivity index (χ1v) is 12.4. The van der Waals surface area contributed by atoms with Gasteiger partial charge in [-0.2, -0.15) is 0 Å². The van der Waals surface area contributed by atoms with E-state index in [0.29, 0.717) is 31.5 Å². The van der Waals surface area contributed by atoms with Crippen LogP contribution < -0.4 is 0 Å². The SMILES string of the molecule is COCCN(C)C(=O)CN1CCC(c2ccc3[nH]c(-c4ccnc(C)c4)c(C(C)C)c3c2)CC1. The van der Waals surface area contributed by atoms with Crippen LogP contribution >= 0.6 is 0 Å². The number of amides is 1. The van der Waals surface area contributed by atoms with Crippen LogP contribution in [0.5, 0.6) is 0 Å². The summed E-state index contributed by atoms with van der Waals surface area (Å²) in [5.74, 6) is 1.11. The highest BCUT2D eigenvalue weighted by Gasteiger charge is 2.24. The van der Waals surface area contributed by atoms with Crippen LogP contribution in [-0.4, -0.2) is 72.6 Å². The normalized spacial score (nSPS) is 15.4. The summed E-state index contributed by atoms with van der Waals surface area (Å²) in [5, 5.41) is 1.33. The van der Waals surface area contributed by atoms with Crippen LogP contribution in [0, 0.1) is 6.92 Å². The summed E-state index contributed by atoms with van der Waals surface area (Å²) in [4.78, 5) is 24.6. The number of methoxy groups -OCH3 is 1. The number of aromatic nitrogens is 2. The number of hydrogen-bond donors (Lipinski definition) is 1. The second-order valence-electron chi connectivity index (χ2n) is 9.92. The molecule has 0 bridgehead atoms. The number of likely N-dealkylation sites (N-methyl/N-ethyl adjacent to an activating group) is 1. The first-order valence-electron chi connectivity index (χ1n) is 12.4. The van der Waals surface area contributed by atoms with E-state index >= 15 is 0 Å². The third kappa shape index (κ3) is 5.34. The molecule has 1 fully saturated rings. The highest BCUT2D eigenvalue weighted by atomic mass is 16.5. The lowest BCUT2D eigenvalue weighted by Crippen LogP contribution is -2.42. The molecule has 1 aliphatic heterocycles. The van der Waals surface area contributed by atoms with Gasteiger partial charge in [0.25, 0.3) is 0 Å². The number of nitrogens with one attached hydrogen (secondary N) is 1. The highest BCUT2D eigenvalue weighted by Crippen LogP contribution is 2.38. The lowest BCUT2D eigenvalue weighted by Gasteiger charge is -2.32. The van der Waals surface area contributed by atoms with Gasteiger partial charge in [0.05, 0.1) is 18.8 Å². The predicted octanol–water partition coefficient (Wildman–Crippen LogP) is 4.95. The lowest BCUT2D eigenvalue weighted by atomic mass is 9.87. The number of aryl methyl sites for hydroxylation is 1. The molecule has 3 aromatic rings. The summed E-state index contributed by atoms with van der Waals surface area (Å²) < 4.78 is 5.09. The number of ether oxygens (including phenoxy) is 1. The number of carbonyl (C=O) groups is 1. The van der Waals surface area contributed by atoms with Crippen molar-refractivity contribution >= 4 is 16.8 Å². The Morgan fingerprint density at radius 3 is 2.68 bits per heavy atom. The number of likely N-dealkylation sites (tertiary alicyclic amines) is 1. The van der Waals surface area contributed by atoms with E-state index in [4.69, 9.17) is 4.74 Å². The van der Waals surface area contributed by atoms with E-state index in [1.807, 2.05) is 20.2 Å². The van der Waals surface area contributed by atoms with E-state index in [9.17, 15) is 4.79 Å². The molecule has 3 heterocycles. The molecule has 1 N–H and O–H groups in total. The van der Waals surface area contributed by atoms with Crippen molar-refractivity contribution in [2.45, 2.75) is 45.4 Å². The summed E-state index contributed by atoms with van der Waals surface area (Å²) in [6.45, 7) is 10.2. The van der Waals surface area contributed by atoms with Crippen LogP contribution in [0.25, 0.3) is 22.2 Å². The maximum absolute atomic E-state index is 12.5. The van der Waals surface area contributed by atoms with Crippen molar-refractivity contribution in [2.24, 2.45) is 0 Å². The molecule has 1 amide bonds. The molecule has 0 unspecified atom stereocenters. The molecule has 4 rings (SSSR count). The minimum atomic E-state index is 0.171. The van der Waals surface area contributed by atoms with Crippen molar-refractivity contribution in [3.8, 4) is 11.3 Å². The number of aromatic amines is 1. The minimum absolute atomic E-state index is 0.171. The zero-order valence-electron chi connectivity index (χ0n) is 21.2. The molecule has 0 atom stereocenters. The Kier molecular flexibility index (Phi) is 7.69. The molecule has 6 nitrogen and oxygen atoms in total. The van der Waals surface area contributed by atoms with E-state index in [2.05, 4.69) is 59.0 Å². The van der Waals surface area contributed by atoms with Gasteiger partial charge in [-0.15, -0.1) is 0 Å². The Morgan fingerprint density at radius 2 is 2.00 bits per heavy atom. The predicted molar refractivity (Wildman–Crippen MR) is 138 cm³/mol. The van der Waals surface area contributed by atoms with Gasteiger partial charge in [-0.05, 0) is 80.1 Å². The van der Waals surface area contributed by atoms with Gasteiger partial charge in [0, 0.05) is 49.1 Å². The van der Waals surface area contributed by atoms with E-state index in [1.54, 1.807) is 12.0 Å². The zero-order valence-corrected chi connectivity index (χ0v) is 21.2. The second kappa shape index (κ2) is 10.7. The maximum atomic E-state index is 12.5. The number of benzene rings is 1. The number of nitrogens with zero attached hydrogens (tertiary/aromatic N) is 3. The number of pyridine rings is 1. The summed E-state index contributed by atoms with van der Waals surface area (Å²) in [6.07, 6.45) is 4.05. The van der Waals surface area contributed by atoms with Crippen LogP contribution in [0.2, 0.25) is 0 Å². The average molecular weight is 463 g/mol. The van der Waals surface area contributed by atoms with Crippen molar-refractivity contribution in [1.82, 2.24) is 19.8 Å². The Hall–Kier alpha value is -2.70. The van der Waals surface area contributed by atoms with Gasteiger partial charge in [0.1, 0.15) is 0 Å². The molecule has 0 spiro atoms. The molecule has 182 valence electrons. The molecule has 1 aliphatic rings. The average Bonchev–Trinajstić information content (AvgIpc) is 3.22. The Bertz CT molecular complexity index is 1130. The number of rotatable bonds is 8. The van der Waals surface area contributed by atoms with Gasteiger partial charge < -0.3 is 14.6 Å². The standard InChI is InChI=1S/C28H38N4O2/c1-19(2)27-24-17-22(6-7-25(24)30-28(27)23-8-11-29-20(3)16-23)21-9-12-32(13-10-21)18-26(33)31(4)14-15-34-5/h6-8,11,16-17,19,21,30H,9-10,12-15,18H2,1-5H3. The van der Waals surface area contributed by atoms with E-state index in [0.717, 1.165) is 31.6 Å². The fourth-order valence-corrected chi connectivity index (χ4v) is 5.10. The topological polar surface area (TPSA) is 61.5 Å². The molecule has 1 aromatic carbocycles. The van der Waals surface area contributed by atoms with Crippen LogP contribution in [0.3, 0.4) is 0 Å². The van der Waals surface area contributed by atoms with Gasteiger partial charge in [-0.3, -0.25) is 14.7 Å². The number of piperidine rings is 1. The molecule has 0 saturated carbocycles. The third-order valence-electron chi connectivity index (χ3n) is 7.10. The number of carbonyl (C=O) groups excluding carboxylic acids is 1. The van der Waals surface area contributed by atoms with Crippen molar-refractivity contribution in [1.29, 1.82) is 0 Å². The zero-order chi connectivity index (χ0) is 24.2. The number of H-pyrrole nitrogens is 1. The van der Waals surface area contributed by atoms with Gasteiger partial charge >= 0.3 is 0 Å². The fraction of sp³-hybridized carbons (Fsp3) is 0.500. The Morgan fingerprint density at radius 1 is 1.24 bits per heavy atom. The van der Waals surface area contributed by atoms with Gasteiger partial charge in [-0.1, -0.05) is 19.9 Å². The lowest BCUT2D eigenvalue weighted by molar-refractivity contribution is -0.131. The third-order valence-corrected chi connectivity index (χ3v) is 7.10. The largest absolute Gasteiger partial charge is 0.383 e. The van der Waals surface area contributed by atoms with Crippen LogP contribution in [0.4, 0.5) is 0 Å².